The second-order valence-electron chi connectivity index (χ2n) is 5.80. The van der Waals surface area contributed by atoms with Crippen LogP contribution >= 0.6 is 0 Å². The largest absolute Gasteiger partial charge is 0.461 e. The van der Waals surface area contributed by atoms with Crippen LogP contribution in [0, 0.1) is 0 Å². The lowest BCUT2D eigenvalue weighted by Crippen LogP contribution is -2.22. The number of hydrogen-bond donors (Lipinski definition) is 0. The molecular weight excluding hydrogens is 322 g/mol. The predicted molar refractivity (Wildman–Crippen MR) is 89.0 cm³/mol. The predicted octanol–water partition coefficient (Wildman–Crippen LogP) is 3.29. The van der Waals surface area contributed by atoms with Gasteiger partial charge in [0.15, 0.2) is 5.76 Å². The Hall–Kier alpha value is -3.09. The van der Waals surface area contributed by atoms with Crippen LogP contribution in [0.25, 0.3) is 11.5 Å². The average Bonchev–Trinajstić information content (AvgIpc) is 3.41. The number of aromatic nitrogens is 2. The summed E-state index contributed by atoms with van der Waals surface area (Å²) in [5.41, 5.74) is 0.991. The minimum absolute atomic E-state index is 0.0252. The van der Waals surface area contributed by atoms with Gasteiger partial charge in [-0.25, -0.2) is 9.78 Å². The summed E-state index contributed by atoms with van der Waals surface area (Å²) in [5, 5.41) is 3.90. The number of furan rings is 1. The Balaban J connectivity index is 1.44. The van der Waals surface area contributed by atoms with Gasteiger partial charge in [-0.05, 0) is 37.1 Å². The average molecular weight is 339 g/mol. The van der Waals surface area contributed by atoms with E-state index in [1.807, 2.05) is 0 Å². The summed E-state index contributed by atoms with van der Waals surface area (Å²) >= 11 is 0. The minimum Gasteiger partial charge on any atom is -0.461 e. The van der Waals surface area contributed by atoms with Gasteiger partial charge in [-0.15, -0.1) is 0 Å². The standard InChI is InChI=1S/C18H17N3O4/c22-18(14-5-3-7-19-17(14)21-8-1-2-9-21)24-12-13-11-16(25-20-13)15-6-4-10-23-15/h3-7,10-11H,1-2,8-9,12H2. The van der Waals surface area contributed by atoms with Crippen molar-refractivity contribution in [2.24, 2.45) is 0 Å². The van der Waals surface area contributed by atoms with E-state index in [0.29, 0.717) is 28.6 Å². The number of ether oxygens (including phenoxy) is 1. The van der Waals surface area contributed by atoms with Crippen molar-refractivity contribution in [2.45, 2.75) is 19.4 Å². The highest BCUT2D eigenvalue weighted by atomic mass is 16.5. The number of rotatable bonds is 5. The van der Waals surface area contributed by atoms with Crippen molar-refractivity contribution in [3.63, 3.8) is 0 Å². The number of anilines is 1. The number of hydrogen-bond acceptors (Lipinski definition) is 7. The third kappa shape index (κ3) is 3.26. The van der Waals surface area contributed by atoms with Crippen LogP contribution in [0.5, 0.6) is 0 Å². The Morgan fingerprint density at radius 2 is 2.08 bits per heavy atom. The van der Waals surface area contributed by atoms with Crippen LogP contribution in [-0.4, -0.2) is 29.2 Å². The van der Waals surface area contributed by atoms with Crippen molar-refractivity contribution >= 4 is 11.8 Å². The fourth-order valence-electron chi connectivity index (χ4n) is 2.87. The molecule has 7 nitrogen and oxygen atoms in total. The van der Waals surface area contributed by atoms with Gasteiger partial charge in [-0.1, -0.05) is 5.16 Å². The lowest BCUT2D eigenvalue weighted by molar-refractivity contribution is 0.0464. The molecule has 0 N–H and O–H groups in total. The van der Waals surface area contributed by atoms with Gasteiger partial charge < -0.3 is 18.6 Å². The van der Waals surface area contributed by atoms with E-state index in [2.05, 4.69) is 15.0 Å². The van der Waals surface area contributed by atoms with E-state index in [9.17, 15) is 4.79 Å². The molecule has 1 aliphatic rings. The Bertz CT molecular complexity index is 851. The molecule has 0 saturated carbocycles. The number of esters is 1. The topological polar surface area (TPSA) is 81.6 Å². The molecule has 0 atom stereocenters. The molecule has 25 heavy (non-hydrogen) atoms. The maximum atomic E-state index is 12.5. The molecule has 0 amide bonds. The summed E-state index contributed by atoms with van der Waals surface area (Å²) in [4.78, 5) is 18.9. The zero-order chi connectivity index (χ0) is 17.1. The van der Waals surface area contributed by atoms with Crippen molar-refractivity contribution in [1.29, 1.82) is 0 Å². The Morgan fingerprint density at radius 1 is 1.20 bits per heavy atom. The lowest BCUT2D eigenvalue weighted by Gasteiger charge is -2.18. The quantitative estimate of drug-likeness (QED) is 0.660. The third-order valence-electron chi connectivity index (χ3n) is 4.09. The van der Waals surface area contributed by atoms with Gasteiger partial charge >= 0.3 is 5.97 Å². The zero-order valence-corrected chi connectivity index (χ0v) is 13.6. The van der Waals surface area contributed by atoms with Crippen LogP contribution in [0.3, 0.4) is 0 Å². The van der Waals surface area contributed by atoms with E-state index in [0.717, 1.165) is 25.9 Å². The molecule has 3 aromatic heterocycles. The normalized spacial score (nSPS) is 14.0. The zero-order valence-electron chi connectivity index (χ0n) is 13.6. The summed E-state index contributed by atoms with van der Waals surface area (Å²) in [5.74, 6) is 1.34. The molecule has 3 aromatic rings. The molecule has 1 saturated heterocycles. The molecule has 128 valence electrons. The van der Waals surface area contributed by atoms with E-state index >= 15 is 0 Å². The summed E-state index contributed by atoms with van der Waals surface area (Å²) < 4.78 is 15.8. The van der Waals surface area contributed by atoms with Crippen molar-refractivity contribution in [2.75, 3.05) is 18.0 Å². The van der Waals surface area contributed by atoms with Gasteiger partial charge in [0, 0.05) is 25.4 Å². The lowest BCUT2D eigenvalue weighted by atomic mass is 10.2. The van der Waals surface area contributed by atoms with Crippen molar-refractivity contribution in [1.82, 2.24) is 10.1 Å². The highest BCUT2D eigenvalue weighted by molar-refractivity contribution is 5.94. The molecule has 1 aliphatic heterocycles. The molecule has 1 fully saturated rings. The monoisotopic (exact) mass is 339 g/mol. The summed E-state index contributed by atoms with van der Waals surface area (Å²) in [6.45, 7) is 1.84. The Morgan fingerprint density at radius 3 is 2.88 bits per heavy atom. The molecule has 4 rings (SSSR count). The smallest absolute Gasteiger partial charge is 0.342 e. The number of carbonyl (C=O) groups is 1. The van der Waals surface area contributed by atoms with E-state index < -0.39 is 5.97 Å². The second-order valence-corrected chi connectivity index (χ2v) is 5.80. The Labute approximate surface area is 144 Å². The van der Waals surface area contributed by atoms with Crippen molar-refractivity contribution < 1.29 is 18.5 Å². The maximum absolute atomic E-state index is 12.5. The van der Waals surface area contributed by atoms with Crippen molar-refractivity contribution in [3.8, 4) is 11.5 Å². The molecule has 0 aromatic carbocycles. The van der Waals surface area contributed by atoms with Crippen LogP contribution in [0.4, 0.5) is 5.82 Å². The summed E-state index contributed by atoms with van der Waals surface area (Å²) in [6, 6.07) is 8.70. The van der Waals surface area contributed by atoms with Crippen LogP contribution in [-0.2, 0) is 11.3 Å². The molecule has 0 unspecified atom stereocenters. The third-order valence-corrected chi connectivity index (χ3v) is 4.09. The fraction of sp³-hybridized carbons (Fsp3) is 0.278. The van der Waals surface area contributed by atoms with Gasteiger partial charge in [-0.2, -0.15) is 0 Å². The first-order valence-electron chi connectivity index (χ1n) is 8.18. The fourth-order valence-corrected chi connectivity index (χ4v) is 2.87. The van der Waals surface area contributed by atoms with E-state index in [-0.39, 0.29) is 6.61 Å². The van der Waals surface area contributed by atoms with E-state index in [4.69, 9.17) is 13.7 Å². The molecular formula is C18H17N3O4. The van der Waals surface area contributed by atoms with Crippen molar-refractivity contribution in [3.05, 3.63) is 54.0 Å². The SMILES string of the molecule is O=C(OCc1cc(-c2ccco2)on1)c1cccnc1N1CCCC1. The van der Waals surface area contributed by atoms with Gasteiger partial charge in [0.05, 0.1) is 6.26 Å². The molecule has 0 radical (unpaired) electrons. The summed E-state index contributed by atoms with van der Waals surface area (Å²) in [7, 11) is 0. The molecule has 7 heteroatoms. The van der Waals surface area contributed by atoms with Gasteiger partial charge in [0.25, 0.3) is 0 Å². The van der Waals surface area contributed by atoms with Gasteiger partial charge in [0.2, 0.25) is 5.76 Å². The van der Waals surface area contributed by atoms with Gasteiger partial charge in [-0.3, -0.25) is 0 Å². The highest BCUT2D eigenvalue weighted by Crippen LogP contribution is 2.24. The number of carbonyl (C=O) groups excluding carboxylic acids is 1. The van der Waals surface area contributed by atoms with Crippen LogP contribution in [0.2, 0.25) is 0 Å². The minimum atomic E-state index is -0.419. The summed E-state index contributed by atoms with van der Waals surface area (Å²) in [6.07, 6.45) is 5.47. The highest BCUT2D eigenvalue weighted by Gasteiger charge is 2.22. The molecule has 0 aliphatic carbocycles. The first-order valence-corrected chi connectivity index (χ1v) is 8.18. The van der Waals surface area contributed by atoms with Crippen LogP contribution in [0.15, 0.2) is 51.7 Å². The van der Waals surface area contributed by atoms with Gasteiger partial charge in [0.1, 0.15) is 23.7 Å². The number of nitrogens with zero attached hydrogens (tertiary/aromatic N) is 3. The van der Waals surface area contributed by atoms with E-state index in [1.165, 1.54) is 0 Å². The molecule has 4 heterocycles. The molecule has 0 spiro atoms. The first kappa shape index (κ1) is 15.4. The first-order chi connectivity index (χ1) is 12.3. The van der Waals surface area contributed by atoms with Crippen LogP contribution < -0.4 is 4.90 Å². The van der Waals surface area contributed by atoms with Crippen LogP contribution in [0.1, 0.15) is 28.9 Å². The van der Waals surface area contributed by atoms with E-state index in [1.54, 1.807) is 42.8 Å². The Kier molecular flexibility index (Phi) is 4.20. The maximum Gasteiger partial charge on any atom is 0.342 e. The molecule has 0 bridgehead atoms. The second kappa shape index (κ2) is 6.80. The number of pyridine rings is 1.